The first-order valence-electron chi connectivity index (χ1n) is 7.41. The van der Waals surface area contributed by atoms with Gasteiger partial charge in [0.1, 0.15) is 11.5 Å². The monoisotopic (exact) mass is 295 g/mol. The van der Waals surface area contributed by atoms with E-state index in [4.69, 9.17) is 9.47 Å². The van der Waals surface area contributed by atoms with Crippen LogP contribution in [0.25, 0.3) is 0 Å². The number of methoxy groups -OCH3 is 2. The van der Waals surface area contributed by atoms with Gasteiger partial charge in [-0.3, -0.25) is 0 Å². The second-order valence-corrected chi connectivity index (χ2v) is 5.17. The van der Waals surface area contributed by atoms with Crippen molar-refractivity contribution in [2.24, 2.45) is 0 Å². The number of aryl methyl sites for hydroxylation is 1. The highest BCUT2D eigenvalue weighted by Crippen LogP contribution is 2.31. The minimum Gasteiger partial charge on any atom is -0.497 e. The predicted molar refractivity (Wildman–Crippen MR) is 87.4 cm³/mol. The van der Waals surface area contributed by atoms with E-state index in [-0.39, 0.29) is 5.92 Å². The first-order chi connectivity index (χ1) is 10.7. The van der Waals surface area contributed by atoms with E-state index >= 15 is 0 Å². The highest BCUT2D eigenvalue weighted by molar-refractivity contribution is 5.43. The van der Waals surface area contributed by atoms with E-state index < -0.39 is 0 Å². The van der Waals surface area contributed by atoms with E-state index in [2.05, 4.69) is 19.1 Å². The molecule has 2 aromatic carbocycles. The molecule has 114 valence electrons. The molecular formula is C19H21NO2. The summed E-state index contributed by atoms with van der Waals surface area (Å²) < 4.78 is 10.7. The molecule has 0 aliphatic rings. The Morgan fingerprint density at radius 2 is 1.86 bits per heavy atom. The summed E-state index contributed by atoms with van der Waals surface area (Å²) in [5.74, 6) is 1.34. The van der Waals surface area contributed by atoms with Crippen LogP contribution in [0.5, 0.6) is 11.5 Å². The second-order valence-electron chi connectivity index (χ2n) is 5.17. The molecule has 0 saturated heterocycles. The van der Waals surface area contributed by atoms with Gasteiger partial charge in [0.15, 0.2) is 0 Å². The molecule has 0 bridgehead atoms. The lowest BCUT2D eigenvalue weighted by Gasteiger charge is -2.15. The molecule has 2 aromatic rings. The molecule has 1 atom stereocenters. The molecule has 3 heteroatoms. The van der Waals surface area contributed by atoms with Crippen molar-refractivity contribution in [2.45, 2.75) is 25.7 Å². The van der Waals surface area contributed by atoms with E-state index in [1.165, 1.54) is 5.56 Å². The third kappa shape index (κ3) is 3.59. The van der Waals surface area contributed by atoms with Crippen molar-refractivity contribution in [3.8, 4) is 17.6 Å². The average molecular weight is 295 g/mol. The molecule has 0 saturated carbocycles. The van der Waals surface area contributed by atoms with Crippen molar-refractivity contribution in [2.75, 3.05) is 14.2 Å². The molecule has 0 aliphatic carbocycles. The smallest absolute Gasteiger partial charge is 0.123 e. The highest BCUT2D eigenvalue weighted by Gasteiger charge is 2.17. The Bertz CT molecular complexity index is 673. The van der Waals surface area contributed by atoms with E-state index in [1.54, 1.807) is 14.2 Å². The number of hydrogen-bond acceptors (Lipinski definition) is 3. The summed E-state index contributed by atoms with van der Waals surface area (Å²) in [6, 6.07) is 16.3. The van der Waals surface area contributed by atoms with Gasteiger partial charge < -0.3 is 9.47 Å². The highest BCUT2D eigenvalue weighted by atomic mass is 16.5. The van der Waals surface area contributed by atoms with Crippen LogP contribution in [0, 0.1) is 11.3 Å². The maximum Gasteiger partial charge on any atom is 0.123 e. The molecule has 0 aliphatic heterocycles. The van der Waals surface area contributed by atoms with Crippen molar-refractivity contribution in [1.29, 1.82) is 5.26 Å². The molecule has 0 amide bonds. The zero-order chi connectivity index (χ0) is 15.9. The van der Waals surface area contributed by atoms with Crippen molar-refractivity contribution in [3.63, 3.8) is 0 Å². The van der Waals surface area contributed by atoms with E-state index in [9.17, 15) is 5.26 Å². The lowest BCUT2D eigenvalue weighted by molar-refractivity contribution is 0.407. The van der Waals surface area contributed by atoms with Gasteiger partial charge >= 0.3 is 0 Å². The van der Waals surface area contributed by atoms with Gasteiger partial charge in [0.05, 0.1) is 26.2 Å². The Morgan fingerprint density at radius 1 is 1.05 bits per heavy atom. The molecule has 0 N–H and O–H groups in total. The van der Waals surface area contributed by atoms with E-state index in [1.807, 2.05) is 36.4 Å². The number of nitriles is 1. The maximum absolute atomic E-state index is 9.61. The summed E-state index contributed by atoms with van der Waals surface area (Å²) in [5.41, 5.74) is 3.24. The van der Waals surface area contributed by atoms with Crippen molar-refractivity contribution >= 4 is 0 Å². The minimum absolute atomic E-state index is 0.242. The minimum atomic E-state index is -0.242. The Kier molecular flexibility index (Phi) is 5.43. The van der Waals surface area contributed by atoms with Crippen molar-refractivity contribution < 1.29 is 9.47 Å². The summed E-state index contributed by atoms with van der Waals surface area (Å²) in [6.07, 6.45) is 1.57. The van der Waals surface area contributed by atoms with Gasteiger partial charge in [-0.25, -0.2) is 0 Å². The molecule has 0 aromatic heterocycles. The van der Waals surface area contributed by atoms with Crippen LogP contribution in [0.3, 0.4) is 0 Å². The molecule has 2 rings (SSSR count). The van der Waals surface area contributed by atoms with Crippen LogP contribution < -0.4 is 9.47 Å². The Hall–Kier alpha value is -2.47. The van der Waals surface area contributed by atoms with Crippen molar-refractivity contribution in [3.05, 3.63) is 59.2 Å². The molecule has 0 spiro atoms. The van der Waals surface area contributed by atoms with Gasteiger partial charge in [-0.15, -0.1) is 0 Å². The van der Waals surface area contributed by atoms with Crippen LogP contribution in [0.1, 0.15) is 29.5 Å². The normalized spacial score (nSPS) is 11.5. The molecule has 22 heavy (non-hydrogen) atoms. The van der Waals surface area contributed by atoms with Gasteiger partial charge in [-0.05, 0) is 42.2 Å². The summed E-state index contributed by atoms with van der Waals surface area (Å²) in [5, 5.41) is 9.61. The Morgan fingerprint density at radius 3 is 2.50 bits per heavy atom. The average Bonchev–Trinajstić information content (AvgIpc) is 2.59. The fraction of sp³-hybridized carbons (Fsp3) is 0.316. The van der Waals surface area contributed by atoms with Gasteiger partial charge in [0, 0.05) is 5.56 Å². The Labute approximate surface area is 132 Å². The van der Waals surface area contributed by atoms with Crippen LogP contribution in [0.4, 0.5) is 0 Å². The zero-order valence-corrected chi connectivity index (χ0v) is 13.3. The molecule has 3 nitrogen and oxygen atoms in total. The molecular weight excluding hydrogens is 274 g/mol. The largest absolute Gasteiger partial charge is 0.497 e. The summed E-state index contributed by atoms with van der Waals surface area (Å²) in [6.45, 7) is 2.11. The van der Waals surface area contributed by atoms with Gasteiger partial charge in [0.2, 0.25) is 0 Å². The second kappa shape index (κ2) is 7.51. The number of hydrogen-bond donors (Lipinski definition) is 0. The first kappa shape index (κ1) is 15.9. The van der Waals surface area contributed by atoms with Crippen molar-refractivity contribution in [1.82, 2.24) is 0 Å². The predicted octanol–water partition coefficient (Wildman–Crippen LogP) is 4.12. The van der Waals surface area contributed by atoms with E-state index in [0.29, 0.717) is 6.42 Å². The lowest BCUT2D eigenvalue weighted by Crippen LogP contribution is -2.04. The standard InChI is InChI=1S/C19H21NO2/c1-4-14-8-9-19(22-3)18(12-14)16(13-20)10-15-6-5-7-17(11-15)21-2/h5-9,11-12,16H,4,10H2,1-3H3. The SMILES string of the molecule is CCc1ccc(OC)c(C(C#N)Cc2cccc(OC)c2)c1. The Balaban J connectivity index is 2.33. The zero-order valence-electron chi connectivity index (χ0n) is 13.3. The van der Waals surface area contributed by atoms with Crippen LogP contribution in [-0.2, 0) is 12.8 Å². The number of ether oxygens (including phenoxy) is 2. The van der Waals surface area contributed by atoms with Crippen LogP contribution in [0.15, 0.2) is 42.5 Å². The lowest BCUT2D eigenvalue weighted by atomic mass is 9.91. The quantitative estimate of drug-likeness (QED) is 0.805. The summed E-state index contributed by atoms with van der Waals surface area (Å²) in [4.78, 5) is 0. The van der Waals surface area contributed by atoms with Crippen LogP contribution >= 0.6 is 0 Å². The molecule has 0 radical (unpaired) electrons. The maximum atomic E-state index is 9.61. The number of rotatable bonds is 6. The fourth-order valence-electron chi connectivity index (χ4n) is 2.54. The molecule has 1 unspecified atom stereocenters. The van der Waals surface area contributed by atoms with Gasteiger partial charge in [0.25, 0.3) is 0 Å². The third-order valence-corrected chi connectivity index (χ3v) is 3.81. The fourth-order valence-corrected chi connectivity index (χ4v) is 2.54. The topological polar surface area (TPSA) is 42.2 Å². The van der Waals surface area contributed by atoms with Gasteiger partial charge in [-0.1, -0.05) is 31.2 Å². The van der Waals surface area contributed by atoms with Crippen LogP contribution in [-0.4, -0.2) is 14.2 Å². The third-order valence-electron chi connectivity index (χ3n) is 3.81. The molecule has 0 fully saturated rings. The summed E-state index contributed by atoms with van der Waals surface area (Å²) >= 11 is 0. The first-order valence-corrected chi connectivity index (χ1v) is 7.41. The number of nitrogens with zero attached hydrogens (tertiary/aromatic N) is 1. The number of benzene rings is 2. The summed E-state index contributed by atoms with van der Waals surface area (Å²) in [7, 11) is 3.29. The molecule has 0 heterocycles. The van der Waals surface area contributed by atoms with Crippen LogP contribution in [0.2, 0.25) is 0 Å². The van der Waals surface area contributed by atoms with Gasteiger partial charge in [-0.2, -0.15) is 5.26 Å². The van der Waals surface area contributed by atoms with E-state index in [0.717, 1.165) is 29.0 Å².